The van der Waals surface area contributed by atoms with E-state index >= 15 is 0 Å². The smallest absolute Gasteiger partial charge is 0.439 e. The molecule has 0 fully saturated rings. The molecule has 0 aromatic heterocycles. The van der Waals surface area contributed by atoms with Gasteiger partial charge in [0.25, 0.3) is 5.72 Å². The molecule has 8 heteroatoms. The van der Waals surface area contributed by atoms with Crippen LogP contribution in [-0.2, 0) is 4.74 Å². The number of nitrogens with zero attached hydrogens (tertiary/aromatic N) is 2. The van der Waals surface area contributed by atoms with E-state index in [0.717, 1.165) is 6.42 Å². The van der Waals surface area contributed by atoms with Gasteiger partial charge in [-0.3, -0.25) is 0 Å². The van der Waals surface area contributed by atoms with Crippen LogP contribution < -0.4 is 0 Å². The molecule has 1 atom stereocenters. The summed E-state index contributed by atoms with van der Waals surface area (Å²) in [7, 11) is 0. The third-order valence-corrected chi connectivity index (χ3v) is 2.76. The Balaban J connectivity index is 2.96. The van der Waals surface area contributed by atoms with Crippen LogP contribution in [0.25, 0.3) is 0 Å². The Morgan fingerprint density at radius 2 is 2.16 bits per heavy atom. The Hall–Kier alpha value is -1.31. The number of carbonyl (C=O) groups is 1. The first-order valence-electron chi connectivity index (χ1n) is 6.08. The summed E-state index contributed by atoms with van der Waals surface area (Å²) in [6.07, 6.45) is -5.28. The van der Waals surface area contributed by atoms with Crippen LogP contribution in [0.15, 0.2) is 5.10 Å². The molecule has 0 saturated carbocycles. The first kappa shape index (κ1) is 15.7. The van der Waals surface area contributed by atoms with Crippen LogP contribution in [0.4, 0.5) is 18.0 Å². The number of amides is 1. The monoisotopic (exact) mass is 282 g/mol. The lowest BCUT2D eigenvalue weighted by Gasteiger charge is -2.31. The van der Waals surface area contributed by atoms with Crippen molar-refractivity contribution in [1.82, 2.24) is 5.01 Å². The zero-order valence-electron chi connectivity index (χ0n) is 10.8. The number of alkyl halides is 3. The molecule has 0 bridgehead atoms. The topological polar surface area (TPSA) is 62.1 Å². The fourth-order valence-electron chi connectivity index (χ4n) is 1.73. The molecule has 5 nitrogen and oxygen atoms in total. The van der Waals surface area contributed by atoms with E-state index in [0.29, 0.717) is 12.8 Å². The van der Waals surface area contributed by atoms with Gasteiger partial charge in [0.2, 0.25) is 0 Å². The summed E-state index contributed by atoms with van der Waals surface area (Å²) in [5.41, 5.74) is -3.16. The van der Waals surface area contributed by atoms with Crippen molar-refractivity contribution in [2.75, 3.05) is 6.61 Å². The molecule has 1 N–H and O–H groups in total. The minimum atomic E-state index is -4.99. The molecule has 110 valence electrons. The van der Waals surface area contributed by atoms with E-state index in [9.17, 15) is 23.1 Å². The lowest BCUT2D eigenvalue weighted by Crippen LogP contribution is -2.56. The van der Waals surface area contributed by atoms with E-state index in [2.05, 4.69) is 9.84 Å². The highest BCUT2D eigenvalue weighted by Crippen LogP contribution is 2.41. The maximum absolute atomic E-state index is 12.9. The highest BCUT2D eigenvalue weighted by atomic mass is 19.4. The molecule has 0 unspecified atom stereocenters. The maximum atomic E-state index is 12.9. The van der Waals surface area contributed by atoms with Gasteiger partial charge in [-0.15, -0.1) is 0 Å². The van der Waals surface area contributed by atoms with E-state index in [1.807, 2.05) is 6.92 Å². The van der Waals surface area contributed by atoms with Crippen molar-refractivity contribution in [3.63, 3.8) is 0 Å². The number of unbranched alkanes of at least 4 members (excludes halogenated alkanes) is 1. The van der Waals surface area contributed by atoms with Gasteiger partial charge in [0.05, 0.1) is 6.61 Å². The molecule has 0 radical (unpaired) electrons. The van der Waals surface area contributed by atoms with Crippen molar-refractivity contribution < 1.29 is 27.8 Å². The molecule has 1 heterocycles. The zero-order valence-corrected chi connectivity index (χ0v) is 10.8. The van der Waals surface area contributed by atoms with Crippen LogP contribution in [0.2, 0.25) is 0 Å². The number of carbonyl (C=O) groups excluding carboxylic acids is 1. The van der Waals surface area contributed by atoms with Gasteiger partial charge in [-0.2, -0.15) is 23.3 Å². The first-order chi connectivity index (χ1) is 8.76. The molecular formula is C11H17F3N2O3. The Morgan fingerprint density at radius 1 is 1.53 bits per heavy atom. The molecule has 1 rings (SSSR count). The molecule has 0 saturated heterocycles. The lowest BCUT2D eigenvalue weighted by molar-refractivity contribution is -0.299. The summed E-state index contributed by atoms with van der Waals surface area (Å²) in [6.45, 7) is 3.25. The van der Waals surface area contributed by atoms with Crippen LogP contribution in [0.5, 0.6) is 0 Å². The Morgan fingerprint density at radius 3 is 2.63 bits per heavy atom. The molecule has 0 aliphatic carbocycles. The summed E-state index contributed by atoms with van der Waals surface area (Å²) in [5, 5.41) is 13.3. The van der Waals surface area contributed by atoms with Gasteiger partial charge >= 0.3 is 12.3 Å². The lowest BCUT2D eigenvalue weighted by atomic mass is 10.0. The van der Waals surface area contributed by atoms with Crippen molar-refractivity contribution in [2.24, 2.45) is 5.10 Å². The molecular weight excluding hydrogens is 265 g/mol. The van der Waals surface area contributed by atoms with E-state index in [-0.39, 0.29) is 17.3 Å². The quantitative estimate of drug-likeness (QED) is 0.862. The van der Waals surface area contributed by atoms with Crippen molar-refractivity contribution >= 4 is 11.8 Å². The summed E-state index contributed by atoms with van der Waals surface area (Å²) in [6, 6.07) is 0. The van der Waals surface area contributed by atoms with Gasteiger partial charge in [-0.1, -0.05) is 13.3 Å². The average molecular weight is 282 g/mol. The van der Waals surface area contributed by atoms with E-state index in [1.165, 1.54) is 6.92 Å². The Labute approximate surface area is 109 Å². The molecule has 0 aromatic rings. The predicted molar refractivity (Wildman–Crippen MR) is 61.4 cm³/mol. The van der Waals surface area contributed by atoms with Crippen molar-refractivity contribution in [1.29, 1.82) is 0 Å². The average Bonchev–Trinajstić information content (AvgIpc) is 2.65. The van der Waals surface area contributed by atoms with Crippen LogP contribution >= 0.6 is 0 Å². The molecule has 19 heavy (non-hydrogen) atoms. The van der Waals surface area contributed by atoms with Crippen molar-refractivity contribution in [2.45, 2.75) is 51.4 Å². The van der Waals surface area contributed by atoms with Gasteiger partial charge in [0.1, 0.15) is 0 Å². The van der Waals surface area contributed by atoms with Crippen LogP contribution in [0, 0.1) is 0 Å². The van der Waals surface area contributed by atoms with Gasteiger partial charge in [0.15, 0.2) is 0 Å². The number of rotatable bonds is 4. The zero-order chi connectivity index (χ0) is 14.7. The molecule has 0 aromatic carbocycles. The standard InChI is InChI=1S/C11H17F3N2O3/c1-3-5-6-8-7-10(18,11(12,13)14)16(15-8)9(17)19-4-2/h18H,3-7H2,1-2H3/t10-/m0/s1. The Kier molecular flexibility index (Phi) is 4.78. The van der Waals surface area contributed by atoms with Gasteiger partial charge in [-0.05, 0) is 19.8 Å². The third-order valence-electron chi connectivity index (χ3n) is 2.76. The second-order valence-electron chi connectivity index (χ2n) is 4.27. The normalized spacial score (nSPS) is 23.5. The summed E-state index contributed by atoms with van der Waals surface area (Å²) in [5.74, 6) is 0. The molecule has 1 aliphatic rings. The van der Waals surface area contributed by atoms with E-state index in [4.69, 9.17) is 0 Å². The first-order valence-corrected chi connectivity index (χ1v) is 6.08. The number of hydrogen-bond donors (Lipinski definition) is 1. The van der Waals surface area contributed by atoms with E-state index in [1.54, 1.807) is 0 Å². The van der Waals surface area contributed by atoms with Crippen LogP contribution in [0.3, 0.4) is 0 Å². The van der Waals surface area contributed by atoms with Gasteiger partial charge in [0, 0.05) is 12.1 Å². The predicted octanol–water partition coefficient (Wildman–Crippen LogP) is 2.65. The van der Waals surface area contributed by atoms with Crippen molar-refractivity contribution in [3.05, 3.63) is 0 Å². The highest BCUT2D eigenvalue weighted by molar-refractivity contribution is 5.89. The summed E-state index contributed by atoms with van der Waals surface area (Å²) < 4.78 is 43.2. The van der Waals surface area contributed by atoms with Gasteiger partial charge in [-0.25, -0.2) is 4.79 Å². The largest absolute Gasteiger partial charge is 0.448 e. The van der Waals surface area contributed by atoms with Crippen LogP contribution in [-0.4, -0.2) is 40.4 Å². The molecule has 0 spiro atoms. The minimum absolute atomic E-state index is 0.00148. The number of hydrogen-bond acceptors (Lipinski definition) is 4. The second-order valence-corrected chi connectivity index (χ2v) is 4.27. The summed E-state index contributed by atoms with van der Waals surface area (Å²) in [4.78, 5) is 11.5. The molecule has 1 aliphatic heterocycles. The number of ether oxygens (including phenoxy) is 1. The fourth-order valence-corrected chi connectivity index (χ4v) is 1.73. The Bertz CT molecular complexity index is 371. The van der Waals surface area contributed by atoms with Crippen LogP contribution in [0.1, 0.15) is 39.5 Å². The maximum Gasteiger partial charge on any atom is 0.439 e. The SMILES string of the molecule is CCCCC1=NN(C(=O)OCC)[C@@](O)(C(F)(F)F)C1. The third kappa shape index (κ3) is 3.17. The molecule has 1 amide bonds. The number of hydrazone groups is 1. The van der Waals surface area contributed by atoms with Crippen molar-refractivity contribution in [3.8, 4) is 0 Å². The minimum Gasteiger partial charge on any atom is -0.448 e. The van der Waals surface area contributed by atoms with Gasteiger partial charge < -0.3 is 9.84 Å². The summed E-state index contributed by atoms with van der Waals surface area (Å²) >= 11 is 0. The number of halogens is 3. The highest BCUT2D eigenvalue weighted by Gasteiger charge is 2.63. The number of aliphatic hydroxyl groups is 1. The fraction of sp³-hybridized carbons (Fsp3) is 0.818. The van der Waals surface area contributed by atoms with E-state index < -0.39 is 24.4 Å². The second kappa shape index (κ2) is 5.77.